The van der Waals surface area contributed by atoms with Crippen LogP contribution in [0, 0.1) is 0 Å². The first-order valence-electron chi connectivity index (χ1n) is 8.57. The molecule has 2 aliphatic heterocycles. The van der Waals surface area contributed by atoms with Gasteiger partial charge in [0, 0.05) is 44.4 Å². The summed E-state index contributed by atoms with van der Waals surface area (Å²) in [6, 6.07) is 5.03. The summed E-state index contributed by atoms with van der Waals surface area (Å²) >= 11 is 5.05. The molecule has 26 heavy (non-hydrogen) atoms. The Morgan fingerprint density at radius 2 is 2.00 bits per heavy atom. The molecule has 0 spiro atoms. The molecule has 138 valence electrons. The molecule has 0 radical (unpaired) electrons. The van der Waals surface area contributed by atoms with Crippen molar-refractivity contribution in [2.75, 3.05) is 5.75 Å². The molecule has 1 N–H and O–H groups in total. The third-order valence-electron chi connectivity index (χ3n) is 5.02. The Morgan fingerprint density at radius 1 is 1.19 bits per heavy atom. The van der Waals surface area contributed by atoms with Crippen molar-refractivity contribution in [3.63, 3.8) is 0 Å². The molecule has 2 heterocycles. The number of carbonyl (C=O) groups is 1. The first-order valence-corrected chi connectivity index (χ1v) is 10.4. The molecule has 1 aromatic rings. The van der Waals surface area contributed by atoms with E-state index >= 15 is 0 Å². The van der Waals surface area contributed by atoms with Crippen LogP contribution in [0.3, 0.4) is 0 Å². The predicted octanol–water partition coefficient (Wildman–Crippen LogP) is 5.60. The topological polar surface area (TPSA) is 29.1 Å². The minimum Gasteiger partial charge on any atom is -0.361 e. The summed E-state index contributed by atoms with van der Waals surface area (Å²) in [7, 11) is 0. The molecule has 0 saturated heterocycles. The zero-order chi connectivity index (χ0) is 18.5. The monoisotopic (exact) mass is 443 g/mol. The maximum atomic E-state index is 12.7. The van der Waals surface area contributed by atoms with Gasteiger partial charge < -0.3 is 5.32 Å². The van der Waals surface area contributed by atoms with Crippen molar-refractivity contribution in [1.82, 2.24) is 5.32 Å². The van der Waals surface area contributed by atoms with Crippen molar-refractivity contribution < 1.29 is 18.0 Å². The molecule has 1 aromatic carbocycles. The maximum absolute atomic E-state index is 12.7. The van der Waals surface area contributed by atoms with E-state index in [1.54, 1.807) is 23.9 Å². The highest BCUT2D eigenvalue weighted by atomic mass is 79.9. The first-order chi connectivity index (χ1) is 12.3. The molecule has 2 nitrogen and oxygen atoms in total. The highest BCUT2D eigenvalue weighted by molar-refractivity contribution is 9.10. The lowest BCUT2D eigenvalue weighted by atomic mass is 9.79. The molecule has 0 saturated carbocycles. The van der Waals surface area contributed by atoms with Crippen LogP contribution in [0.25, 0.3) is 0 Å². The second kappa shape index (κ2) is 6.75. The number of halogens is 4. The van der Waals surface area contributed by atoms with Crippen LogP contribution < -0.4 is 5.32 Å². The van der Waals surface area contributed by atoms with Crippen LogP contribution >= 0.6 is 27.7 Å². The molecular formula is C19H17BrF3NOS. The molecule has 1 aliphatic carbocycles. The number of carbonyl (C=O) groups excluding carboxylic acids is 1. The van der Waals surface area contributed by atoms with Gasteiger partial charge >= 0.3 is 6.18 Å². The number of hydrogen-bond acceptors (Lipinski definition) is 3. The van der Waals surface area contributed by atoms with E-state index in [-0.39, 0.29) is 17.3 Å². The number of alkyl halides is 3. The van der Waals surface area contributed by atoms with E-state index in [0.29, 0.717) is 10.9 Å². The molecule has 1 unspecified atom stereocenters. The van der Waals surface area contributed by atoms with Crippen molar-refractivity contribution >= 4 is 33.5 Å². The average Bonchev–Trinajstić information content (AvgIpc) is 3.02. The predicted molar refractivity (Wildman–Crippen MR) is 99.8 cm³/mol. The van der Waals surface area contributed by atoms with Gasteiger partial charge in [0.2, 0.25) is 0 Å². The van der Waals surface area contributed by atoms with Gasteiger partial charge in [0.1, 0.15) is 0 Å². The van der Waals surface area contributed by atoms with Gasteiger partial charge in [-0.15, -0.1) is 11.8 Å². The smallest absolute Gasteiger partial charge is 0.361 e. The lowest BCUT2D eigenvalue weighted by Gasteiger charge is -2.33. The SMILES string of the molecule is O=C1CCCC2=C1C(c1ccc(CC(F)(F)F)c(Br)c1)C1=C(CCS1)N2. The van der Waals surface area contributed by atoms with E-state index in [1.165, 1.54) is 11.8 Å². The van der Waals surface area contributed by atoms with Gasteiger partial charge in [-0.3, -0.25) is 4.79 Å². The second-order valence-corrected chi connectivity index (χ2v) is 8.80. The molecule has 0 fully saturated rings. The molecule has 3 aliphatic rings. The summed E-state index contributed by atoms with van der Waals surface area (Å²) < 4.78 is 38.6. The second-order valence-electron chi connectivity index (χ2n) is 6.81. The lowest BCUT2D eigenvalue weighted by molar-refractivity contribution is -0.127. The van der Waals surface area contributed by atoms with Gasteiger partial charge in [-0.05, 0) is 36.5 Å². The maximum Gasteiger partial charge on any atom is 0.393 e. The summed E-state index contributed by atoms with van der Waals surface area (Å²) in [4.78, 5) is 13.8. The van der Waals surface area contributed by atoms with Crippen LogP contribution in [0.4, 0.5) is 13.2 Å². The van der Waals surface area contributed by atoms with E-state index in [1.807, 2.05) is 0 Å². The fourth-order valence-electron chi connectivity index (χ4n) is 3.92. The summed E-state index contributed by atoms with van der Waals surface area (Å²) in [5.41, 5.74) is 4.08. The van der Waals surface area contributed by atoms with Gasteiger partial charge in [0.05, 0.1) is 6.42 Å². The van der Waals surface area contributed by atoms with Crippen molar-refractivity contribution in [2.45, 2.75) is 44.2 Å². The number of ketones is 1. The quantitative estimate of drug-likeness (QED) is 0.645. The Bertz CT molecular complexity index is 844. The molecule has 0 aromatic heterocycles. The normalized spacial score (nSPS) is 23.1. The van der Waals surface area contributed by atoms with Gasteiger partial charge in [0.15, 0.2) is 5.78 Å². The van der Waals surface area contributed by atoms with E-state index < -0.39 is 12.6 Å². The summed E-state index contributed by atoms with van der Waals surface area (Å²) in [6.45, 7) is 0. The Morgan fingerprint density at radius 3 is 2.73 bits per heavy atom. The molecule has 7 heteroatoms. The Labute approximate surface area is 162 Å². The van der Waals surface area contributed by atoms with Crippen LogP contribution in [-0.2, 0) is 11.2 Å². The third-order valence-corrected chi connectivity index (χ3v) is 6.96. The number of benzene rings is 1. The summed E-state index contributed by atoms with van der Waals surface area (Å²) in [5, 5.41) is 3.46. The van der Waals surface area contributed by atoms with Crippen LogP contribution in [0.15, 0.2) is 44.5 Å². The van der Waals surface area contributed by atoms with Crippen molar-refractivity contribution in [3.8, 4) is 0 Å². The van der Waals surface area contributed by atoms with Crippen molar-refractivity contribution in [2.24, 2.45) is 0 Å². The Hall–Kier alpha value is -1.21. The molecule has 4 rings (SSSR count). The van der Waals surface area contributed by atoms with Gasteiger partial charge in [-0.1, -0.05) is 28.1 Å². The van der Waals surface area contributed by atoms with E-state index in [2.05, 4.69) is 21.2 Å². The minimum absolute atomic E-state index is 0.151. The number of rotatable bonds is 2. The highest BCUT2D eigenvalue weighted by Crippen LogP contribution is 2.50. The van der Waals surface area contributed by atoms with Crippen LogP contribution in [0.5, 0.6) is 0 Å². The number of nitrogens with one attached hydrogen (secondary N) is 1. The van der Waals surface area contributed by atoms with E-state index in [4.69, 9.17) is 0 Å². The van der Waals surface area contributed by atoms with Gasteiger partial charge in [-0.2, -0.15) is 13.2 Å². The van der Waals surface area contributed by atoms with E-state index in [0.717, 1.165) is 46.8 Å². The summed E-state index contributed by atoms with van der Waals surface area (Å²) in [6.07, 6.45) is -2.03. The Balaban J connectivity index is 1.76. The standard InChI is InChI=1S/C19H17BrF3NOS/c20-12-8-10(4-5-11(12)9-19(21,22)23)16-17-13(2-1-3-15(17)25)24-14-6-7-26-18(14)16/h4-5,8,16,24H,1-3,6-7,9H2. The third kappa shape index (κ3) is 3.36. The number of thioether (sulfide) groups is 1. The number of Topliss-reactive ketones (excluding diaryl/α,β-unsaturated/α-hetero) is 1. The largest absolute Gasteiger partial charge is 0.393 e. The zero-order valence-corrected chi connectivity index (χ0v) is 16.3. The molecule has 1 atom stereocenters. The number of hydrogen-bond donors (Lipinski definition) is 1. The fourth-order valence-corrected chi connectivity index (χ4v) is 5.73. The van der Waals surface area contributed by atoms with Gasteiger partial charge in [0.25, 0.3) is 0 Å². The number of allylic oxidation sites excluding steroid dienone is 4. The molecular weight excluding hydrogens is 427 g/mol. The highest BCUT2D eigenvalue weighted by Gasteiger charge is 2.38. The number of dihydropyridines is 1. The van der Waals surface area contributed by atoms with E-state index in [9.17, 15) is 18.0 Å². The van der Waals surface area contributed by atoms with Crippen molar-refractivity contribution in [1.29, 1.82) is 0 Å². The first kappa shape index (κ1) is 18.2. The van der Waals surface area contributed by atoms with Crippen LogP contribution in [-0.4, -0.2) is 17.7 Å². The molecule has 0 bridgehead atoms. The lowest BCUT2D eigenvalue weighted by Crippen LogP contribution is -2.30. The Kier molecular flexibility index (Phi) is 4.72. The average molecular weight is 444 g/mol. The van der Waals surface area contributed by atoms with Crippen molar-refractivity contribution in [3.05, 3.63) is 55.7 Å². The van der Waals surface area contributed by atoms with Gasteiger partial charge in [-0.25, -0.2) is 0 Å². The van der Waals surface area contributed by atoms with Crippen LogP contribution in [0.1, 0.15) is 42.7 Å². The summed E-state index contributed by atoms with van der Waals surface area (Å²) in [5.74, 6) is 0.965. The van der Waals surface area contributed by atoms with Crippen LogP contribution in [0.2, 0.25) is 0 Å². The zero-order valence-electron chi connectivity index (χ0n) is 13.9. The minimum atomic E-state index is -4.25. The molecule has 0 amide bonds. The fraction of sp³-hybridized carbons (Fsp3) is 0.421.